The number of amides is 2. The van der Waals surface area contributed by atoms with Gasteiger partial charge in [-0.15, -0.1) is 0 Å². The van der Waals surface area contributed by atoms with Crippen LogP contribution in [0.4, 0.5) is 0 Å². The number of carbonyl (C=O) groups excluding carboxylic acids is 2. The fourth-order valence-electron chi connectivity index (χ4n) is 5.37. The van der Waals surface area contributed by atoms with Crippen molar-refractivity contribution in [3.63, 3.8) is 0 Å². The molecular formula is C25H25N7O2. The maximum absolute atomic E-state index is 13.2. The van der Waals surface area contributed by atoms with Gasteiger partial charge in [0.2, 0.25) is 11.8 Å². The Bertz CT molecular complexity index is 1420. The van der Waals surface area contributed by atoms with Crippen molar-refractivity contribution in [1.82, 2.24) is 34.6 Å². The zero-order chi connectivity index (χ0) is 23.2. The first-order chi connectivity index (χ1) is 16.6. The molecule has 0 aromatic carbocycles. The maximum atomic E-state index is 13.2. The summed E-state index contributed by atoms with van der Waals surface area (Å²) in [5.41, 5.74) is 4.88. The summed E-state index contributed by atoms with van der Waals surface area (Å²) in [6, 6.07) is 7.68. The second-order valence-electron chi connectivity index (χ2n) is 8.97. The molecule has 1 N–H and O–H groups in total. The minimum atomic E-state index is -0.371. The highest BCUT2D eigenvalue weighted by Crippen LogP contribution is 2.35. The van der Waals surface area contributed by atoms with Gasteiger partial charge in [-0.2, -0.15) is 14.8 Å². The van der Waals surface area contributed by atoms with E-state index < -0.39 is 0 Å². The topological polar surface area (TPSA) is 99.5 Å². The lowest BCUT2D eigenvalue weighted by Gasteiger charge is -2.27. The minimum Gasteiger partial charge on any atom is -0.343 e. The molecule has 172 valence electrons. The molecule has 6 heterocycles. The van der Waals surface area contributed by atoms with Crippen molar-refractivity contribution in [1.29, 1.82) is 0 Å². The SMILES string of the molecule is C=CC(=O)N1CCC[C@H]1C(=O)N1CC[C@@H](c2cc3c(-c4cnn5ncccc45)ccnc3[nH]2)C1. The monoisotopic (exact) mass is 455 g/mol. The molecule has 0 unspecified atom stereocenters. The average Bonchev–Trinajstić information content (AvgIpc) is 3.67. The summed E-state index contributed by atoms with van der Waals surface area (Å²) < 4.78 is 1.62. The minimum absolute atomic E-state index is 0.0454. The van der Waals surface area contributed by atoms with Gasteiger partial charge in [0.25, 0.3) is 0 Å². The summed E-state index contributed by atoms with van der Waals surface area (Å²) in [6.45, 7) is 5.51. The van der Waals surface area contributed by atoms with E-state index in [-0.39, 0.29) is 23.8 Å². The van der Waals surface area contributed by atoms with Gasteiger partial charge in [0.05, 0.1) is 11.7 Å². The average molecular weight is 456 g/mol. The van der Waals surface area contributed by atoms with Gasteiger partial charge in [-0.1, -0.05) is 6.58 Å². The van der Waals surface area contributed by atoms with Crippen LogP contribution in [0.15, 0.2) is 55.5 Å². The first-order valence-corrected chi connectivity index (χ1v) is 11.6. The van der Waals surface area contributed by atoms with Crippen LogP contribution in [0.5, 0.6) is 0 Å². The Morgan fingerprint density at radius 1 is 1.12 bits per heavy atom. The van der Waals surface area contributed by atoms with Gasteiger partial charge in [0, 0.05) is 54.6 Å². The van der Waals surface area contributed by atoms with E-state index >= 15 is 0 Å². The number of nitrogens with zero attached hydrogens (tertiary/aromatic N) is 6. The van der Waals surface area contributed by atoms with Gasteiger partial charge in [0.15, 0.2) is 0 Å². The molecule has 2 aliphatic heterocycles. The molecule has 2 atom stereocenters. The predicted octanol–water partition coefficient (Wildman–Crippen LogP) is 2.77. The number of likely N-dealkylation sites (tertiary alicyclic amines) is 2. The van der Waals surface area contributed by atoms with Gasteiger partial charge in [-0.3, -0.25) is 9.59 Å². The van der Waals surface area contributed by atoms with Gasteiger partial charge in [0.1, 0.15) is 11.7 Å². The Hall–Kier alpha value is -4.01. The third-order valence-corrected chi connectivity index (χ3v) is 7.08. The van der Waals surface area contributed by atoms with Crippen LogP contribution in [-0.2, 0) is 9.59 Å². The zero-order valence-corrected chi connectivity index (χ0v) is 18.7. The van der Waals surface area contributed by atoms with Crippen molar-refractivity contribution in [2.24, 2.45) is 0 Å². The van der Waals surface area contributed by atoms with Gasteiger partial charge >= 0.3 is 0 Å². The molecule has 2 fully saturated rings. The lowest BCUT2D eigenvalue weighted by Crippen LogP contribution is -2.46. The number of rotatable bonds is 4. The molecule has 6 rings (SSSR count). The molecule has 34 heavy (non-hydrogen) atoms. The molecule has 2 saturated heterocycles. The number of pyridine rings is 1. The van der Waals surface area contributed by atoms with Crippen molar-refractivity contribution in [3.05, 3.63) is 61.2 Å². The van der Waals surface area contributed by atoms with Crippen LogP contribution in [0.25, 0.3) is 27.7 Å². The largest absolute Gasteiger partial charge is 0.343 e. The third kappa shape index (κ3) is 3.27. The maximum Gasteiger partial charge on any atom is 0.246 e. The molecule has 0 aliphatic carbocycles. The molecule has 0 spiro atoms. The second kappa shape index (κ2) is 8.09. The van der Waals surface area contributed by atoms with Crippen molar-refractivity contribution >= 4 is 28.4 Å². The van der Waals surface area contributed by atoms with Crippen molar-refractivity contribution in [3.8, 4) is 11.1 Å². The lowest BCUT2D eigenvalue weighted by molar-refractivity contribution is -0.140. The van der Waals surface area contributed by atoms with Crippen LogP contribution >= 0.6 is 0 Å². The van der Waals surface area contributed by atoms with Crippen molar-refractivity contribution in [2.45, 2.75) is 31.2 Å². The lowest BCUT2D eigenvalue weighted by atomic mass is 10.0. The third-order valence-electron chi connectivity index (χ3n) is 7.08. The summed E-state index contributed by atoms with van der Waals surface area (Å²) >= 11 is 0. The van der Waals surface area contributed by atoms with E-state index in [1.165, 1.54) is 6.08 Å². The van der Waals surface area contributed by atoms with E-state index in [1.807, 2.05) is 29.3 Å². The van der Waals surface area contributed by atoms with Gasteiger partial charge < -0.3 is 14.8 Å². The summed E-state index contributed by atoms with van der Waals surface area (Å²) in [7, 11) is 0. The van der Waals surface area contributed by atoms with Crippen LogP contribution in [0, 0.1) is 0 Å². The molecular weight excluding hydrogens is 430 g/mol. The Morgan fingerprint density at radius 2 is 2.03 bits per heavy atom. The highest BCUT2D eigenvalue weighted by molar-refractivity contribution is 5.98. The summed E-state index contributed by atoms with van der Waals surface area (Å²) in [6.07, 6.45) is 9.08. The molecule has 4 aromatic heterocycles. The number of hydrogen-bond acceptors (Lipinski definition) is 5. The standard InChI is InChI=1S/C25H25N7O2/c1-2-23(33)31-11-4-6-22(31)25(34)30-12-8-16(15-30)20-13-18-17(7-10-26-24(18)29-20)19-14-28-32-21(19)5-3-9-27-32/h2-3,5,7,9-10,13-14,16,22H,1,4,6,8,11-12,15H2,(H,26,29)/t16-,22+/m1/s1. The number of fused-ring (bicyclic) bond motifs is 2. The number of hydrogen-bond donors (Lipinski definition) is 1. The highest BCUT2D eigenvalue weighted by atomic mass is 16.2. The molecule has 4 aromatic rings. The van der Waals surface area contributed by atoms with E-state index in [2.05, 4.69) is 32.8 Å². The van der Waals surface area contributed by atoms with E-state index in [4.69, 9.17) is 0 Å². The Labute approximate surface area is 196 Å². The van der Waals surface area contributed by atoms with Crippen LogP contribution in [0.3, 0.4) is 0 Å². The first kappa shape index (κ1) is 20.6. The highest BCUT2D eigenvalue weighted by Gasteiger charge is 2.38. The number of carbonyl (C=O) groups is 2. The van der Waals surface area contributed by atoms with Crippen LogP contribution in [0.2, 0.25) is 0 Å². The van der Waals surface area contributed by atoms with Gasteiger partial charge in [-0.25, -0.2) is 4.98 Å². The quantitative estimate of drug-likeness (QED) is 0.477. The predicted molar refractivity (Wildman–Crippen MR) is 127 cm³/mol. The van der Waals surface area contributed by atoms with E-state index in [0.717, 1.165) is 46.2 Å². The van der Waals surface area contributed by atoms with Crippen molar-refractivity contribution in [2.75, 3.05) is 19.6 Å². The molecule has 0 saturated carbocycles. The fourth-order valence-corrected chi connectivity index (χ4v) is 5.37. The Morgan fingerprint density at radius 3 is 2.91 bits per heavy atom. The van der Waals surface area contributed by atoms with E-state index in [9.17, 15) is 9.59 Å². The Kier molecular flexibility index (Phi) is 4.90. The van der Waals surface area contributed by atoms with Crippen molar-refractivity contribution < 1.29 is 9.59 Å². The molecule has 0 radical (unpaired) electrons. The fraction of sp³-hybridized carbons (Fsp3) is 0.320. The van der Waals surface area contributed by atoms with Crippen LogP contribution in [-0.4, -0.2) is 72.1 Å². The Balaban J connectivity index is 1.26. The molecule has 9 nitrogen and oxygen atoms in total. The van der Waals surface area contributed by atoms with Crippen LogP contribution < -0.4 is 0 Å². The van der Waals surface area contributed by atoms with E-state index in [0.29, 0.717) is 26.1 Å². The molecule has 2 amide bonds. The number of H-pyrrole nitrogens is 1. The van der Waals surface area contributed by atoms with Gasteiger partial charge in [-0.05, 0) is 55.2 Å². The molecule has 2 aliphatic rings. The second-order valence-corrected chi connectivity index (χ2v) is 8.97. The first-order valence-electron chi connectivity index (χ1n) is 11.6. The number of aromatic amines is 1. The molecule has 0 bridgehead atoms. The summed E-state index contributed by atoms with van der Waals surface area (Å²) in [5, 5.41) is 9.67. The normalized spacial score (nSPS) is 20.5. The van der Waals surface area contributed by atoms with Crippen LogP contribution in [0.1, 0.15) is 30.9 Å². The molecule has 9 heteroatoms. The number of aromatic nitrogens is 5. The summed E-state index contributed by atoms with van der Waals surface area (Å²) in [4.78, 5) is 37.0. The zero-order valence-electron chi connectivity index (χ0n) is 18.7. The smallest absolute Gasteiger partial charge is 0.246 e. The van der Waals surface area contributed by atoms with E-state index in [1.54, 1.807) is 21.9 Å². The number of nitrogens with one attached hydrogen (secondary N) is 1. The summed E-state index contributed by atoms with van der Waals surface area (Å²) in [5.74, 6) is 0.0780.